The number of anilines is 1. The molecule has 7 heteroatoms. The zero-order valence-corrected chi connectivity index (χ0v) is 11.1. The molecule has 2 rings (SSSR count). The monoisotopic (exact) mass is 283 g/mol. The van der Waals surface area contributed by atoms with Gasteiger partial charge < -0.3 is 15.3 Å². The summed E-state index contributed by atoms with van der Waals surface area (Å²) in [5.74, 6) is -0.794. The first-order valence-corrected chi connectivity index (χ1v) is 6.24. The van der Waals surface area contributed by atoms with Crippen LogP contribution in [0.15, 0.2) is 12.3 Å². The standard InChI is InChI=1S/C12H14ClN3O3/c1-16(6-10(17)15-8-2-3-8)11-9(13)4-7(5-14-11)12(18)19/h4-5,8H,2-3,6H2,1H3,(H,15,17)(H,18,19). The summed E-state index contributed by atoms with van der Waals surface area (Å²) in [5, 5.41) is 11.9. The molecule has 102 valence electrons. The van der Waals surface area contributed by atoms with Crippen molar-refractivity contribution >= 4 is 29.3 Å². The maximum atomic E-state index is 11.6. The topological polar surface area (TPSA) is 82.5 Å². The van der Waals surface area contributed by atoms with E-state index in [1.807, 2.05) is 0 Å². The van der Waals surface area contributed by atoms with E-state index in [1.54, 1.807) is 11.9 Å². The van der Waals surface area contributed by atoms with Crippen LogP contribution in [-0.2, 0) is 4.79 Å². The second-order valence-corrected chi connectivity index (χ2v) is 4.94. The number of rotatable bonds is 5. The van der Waals surface area contributed by atoms with Crippen molar-refractivity contribution in [2.75, 3.05) is 18.5 Å². The molecular weight excluding hydrogens is 270 g/mol. The van der Waals surface area contributed by atoms with E-state index in [2.05, 4.69) is 10.3 Å². The molecule has 1 fully saturated rings. The summed E-state index contributed by atoms with van der Waals surface area (Å²) in [6.45, 7) is 0.135. The highest BCUT2D eigenvalue weighted by Crippen LogP contribution is 2.23. The summed E-state index contributed by atoms with van der Waals surface area (Å²) in [6.07, 6.45) is 3.28. The minimum atomic E-state index is -1.09. The Kier molecular flexibility index (Phi) is 3.90. The van der Waals surface area contributed by atoms with Gasteiger partial charge in [0.15, 0.2) is 0 Å². The SMILES string of the molecule is CN(CC(=O)NC1CC1)c1ncc(C(=O)O)cc1Cl. The first kappa shape index (κ1) is 13.6. The van der Waals surface area contributed by atoms with Crippen LogP contribution in [0.2, 0.25) is 5.02 Å². The number of carbonyl (C=O) groups excluding carboxylic acids is 1. The molecule has 19 heavy (non-hydrogen) atoms. The fraction of sp³-hybridized carbons (Fsp3) is 0.417. The first-order valence-electron chi connectivity index (χ1n) is 5.86. The van der Waals surface area contributed by atoms with E-state index in [1.165, 1.54) is 12.3 Å². The Morgan fingerprint density at radius 1 is 1.58 bits per heavy atom. The summed E-state index contributed by atoms with van der Waals surface area (Å²) < 4.78 is 0. The summed E-state index contributed by atoms with van der Waals surface area (Å²) >= 11 is 5.97. The molecular formula is C12H14ClN3O3. The van der Waals surface area contributed by atoms with Gasteiger partial charge >= 0.3 is 5.97 Å². The smallest absolute Gasteiger partial charge is 0.337 e. The maximum absolute atomic E-state index is 11.6. The molecule has 0 atom stereocenters. The Hall–Kier alpha value is -1.82. The molecule has 0 unspecified atom stereocenters. The fourth-order valence-electron chi connectivity index (χ4n) is 1.62. The van der Waals surface area contributed by atoms with Gasteiger partial charge in [-0.05, 0) is 18.9 Å². The highest BCUT2D eigenvalue weighted by Gasteiger charge is 2.24. The fourth-order valence-corrected chi connectivity index (χ4v) is 1.93. The molecule has 1 aliphatic rings. The molecule has 0 radical (unpaired) electrons. The number of halogens is 1. The number of nitrogens with zero attached hydrogens (tertiary/aromatic N) is 2. The lowest BCUT2D eigenvalue weighted by molar-refractivity contribution is -0.119. The Bertz CT molecular complexity index is 517. The summed E-state index contributed by atoms with van der Waals surface area (Å²) in [4.78, 5) is 28.0. The van der Waals surface area contributed by atoms with Crippen LogP contribution in [0.5, 0.6) is 0 Å². The van der Waals surface area contributed by atoms with Gasteiger partial charge in [0.2, 0.25) is 5.91 Å². The summed E-state index contributed by atoms with van der Waals surface area (Å²) in [5.41, 5.74) is 0.0181. The number of hydrogen-bond acceptors (Lipinski definition) is 4. The largest absolute Gasteiger partial charge is 0.478 e. The van der Waals surface area contributed by atoms with E-state index in [0.717, 1.165) is 12.8 Å². The number of carboxylic acid groups (broad SMARTS) is 1. The highest BCUT2D eigenvalue weighted by atomic mass is 35.5. The van der Waals surface area contributed by atoms with Gasteiger partial charge in [0.05, 0.1) is 17.1 Å². The van der Waals surface area contributed by atoms with E-state index in [-0.39, 0.29) is 23.0 Å². The van der Waals surface area contributed by atoms with Crippen molar-refractivity contribution < 1.29 is 14.7 Å². The lowest BCUT2D eigenvalue weighted by atomic mass is 10.3. The van der Waals surface area contributed by atoms with Crippen molar-refractivity contribution in [2.24, 2.45) is 0 Å². The first-order chi connectivity index (χ1) is 8.97. The average Bonchev–Trinajstić information content (AvgIpc) is 3.12. The van der Waals surface area contributed by atoms with Gasteiger partial charge in [-0.15, -0.1) is 0 Å². The zero-order chi connectivity index (χ0) is 14.0. The molecule has 1 heterocycles. The van der Waals surface area contributed by atoms with Crippen LogP contribution in [0.25, 0.3) is 0 Å². The number of nitrogens with one attached hydrogen (secondary N) is 1. The molecule has 1 saturated carbocycles. The van der Waals surface area contributed by atoms with Gasteiger partial charge in [-0.2, -0.15) is 0 Å². The lowest BCUT2D eigenvalue weighted by Gasteiger charge is -2.18. The molecule has 0 saturated heterocycles. The minimum absolute atomic E-state index is 0.0181. The molecule has 1 amide bonds. The van der Waals surface area contributed by atoms with Gasteiger partial charge in [-0.25, -0.2) is 9.78 Å². The van der Waals surface area contributed by atoms with Crippen molar-refractivity contribution in [3.63, 3.8) is 0 Å². The molecule has 0 aromatic carbocycles. The number of likely N-dealkylation sites (N-methyl/N-ethyl adjacent to an activating group) is 1. The molecule has 0 bridgehead atoms. The third-order valence-electron chi connectivity index (χ3n) is 2.75. The molecule has 2 N–H and O–H groups in total. The Morgan fingerprint density at radius 3 is 2.79 bits per heavy atom. The maximum Gasteiger partial charge on any atom is 0.337 e. The lowest BCUT2D eigenvalue weighted by Crippen LogP contribution is -2.36. The molecule has 1 aliphatic carbocycles. The van der Waals surface area contributed by atoms with Crippen molar-refractivity contribution in [1.82, 2.24) is 10.3 Å². The third-order valence-corrected chi connectivity index (χ3v) is 3.03. The van der Waals surface area contributed by atoms with E-state index >= 15 is 0 Å². The Balaban J connectivity index is 2.03. The van der Waals surface area contributed by atoms with Gasteiger partial charge in [0.25, 0.3) is 0 Å². The van der Waals surface area contributed by atoms with Crippen molar-refractivity contribution in [1.29, 1.82) is 0 Å². The Morgan fingerprint density at radius 2 is 2.26 bits per heavy atom. The van der Waals surface area contributed by atoms with E-state index in [0.29, 0.717) is 11.9 Å². The number of carboxylic acids is 1. The van der Waals surface area contributed by atoms with Crippen LogP contribution in [0.1, 0.15) is 23.2 Å². The van der Waals surface area contributed by atoms with E-state index < -0.39 is 5.97 Å². The summed E-state index contributed by atoms with van der Waals surface area (Å²) in [6, 6.07) is 1.63. The second-order valence-electron chi connectivity index (χ2n) is 4.53. The van der Waals surface area contributed by atoms with Gasteiger partial charge in [-0.3, -0.25) is 4.79 Å². The number of hydrogen-bond donors (Lipinski definition) is 2. The van der Waals surface area contributed by atoms with Crippen molar-refractivity contribution in [3.8, 4) is 0 Å². The van der Waals surface area contributed by atoms with Crippen molar-refractivity contribution in [2.45, 2.75) is 18.9 Å². The zero-order valence-electron chi connectivity index (χ0n) is 10.4. The van der Waals surface area contributed by atoms with Crippen LogP contribution < -0.4 is 10.2 Å². The van der Waals surface area contributed by atoms with Crippen LogP contribution >= 0.6 is 11.6 Å². The van der Waals surface area contributed by atoms with Gasteiger partial charge in [0.1, 0.15) is 5.82 Å². The number of amides is 1. The summed E-state index contributed by atoms with van der Waals surface area (Å²) in [7, 11) is 1.68. The van der Waals surface area contributed by atoms with Crippen LogP contribution in [-0.4, -0.2) is 41.6 Å². The van der Waals surface area contributed by atoms with Crippen LogP contribution in [0.4, 0.5) is 5.82 Å². The van der Waals surface area contributed by atoms with E-state index in [4.69, 9.17) is 16.7 Å². The number of pyridine rings is 1. The quantitative estimate of drug-likeness (QED) is 0.847. The highest BCUT2D eigenvalue weighted by molar-refractivity contribution is 6.33. The van der Waals surface area contributed by atoms with Gasteiger partial charge in [-0.1, -0.05) is 11.6 Å². The number of aromatic nitrogens is 1. The minimum Gasteiger partial charge on any atom is -0.478 e. The molecule has 6 nitrogen and oxygen atoms in total. The number of aromatic carboxylic acids is 1. The van der Waals surface area contributed by atoms with E-state index in [9.17, 15) is 9.59 Å². The van der Waals surface area contributed by atoms with Crippen LogP contribution in [0, 0.1) is 0 Å². The molecule has 0 aliphatic heterocycles. The number of carbonyl (C=O) groups is 2. The molecule has 0 spiro atoms. The molecule has 1 aromatic rings. The average molecular weight is 284 g/mol. The predicted molar refractivity (Wildman–Crippen MR) is 70.6 cm³/mol. The normalized spacial score (nSPS) is 14.0. The molecule has 1 aromatic heterocycles. The van der Waals surface area contributed by atoms with Gasteiger partial charge in [0, 0.05) is 19.3 Å². The Labute approximate surface area is 115 Å². The van der Waals surface area contributed by atoms with Crippen molar-refractivity contribution in [3.05, 3.63) is 22.8 Å². The van der Waals surface area contributed by atoms with Crippen LogP contribution in [0.3, 0.4) is 0 Å². The predicted octanol–water partition coefficient (Wildman–Crippen LogP) is 1.15. The third kappa shape index (κ3) is 3.57. The second kappa shape index (κ2) is 5.44.